The van der Waals surface area contributed by atoms with Crippen molar-refractivity contribution < 1.29 is 18.7 Å². The molecule has 1 amide bonds. The lowest BCUT2D eigenvalue weighted by Gasteiger charge is -2.22. The number of amides is 1. The molecule has 4 rings (SSSR count). The number of nitrogens with one attached hydrogen (secondary N) is 1. The number of aromatic nitrogens is 1. The predicted octanol–water partition coefficient (Wildman–Crippen LogP) is 3.45. The zero-order valence-corrected chi connectivity index (χ0v) is 14.4. The molecule has 2 aliphatic rings. The number of pyridine rings is 1. The largest absolute Gasteiger partial charge is 0.453 e. The van der Waals surface area contributed by atoms with Crippen LogP contribution >= 0.6 is 0 Å². The Morgan fingerprint density at radius 2 is 2.19 bits per heavy atom. The van der Waals surface area contributed by atoms with Crippen molar-refractivity contribution >= 4 is 5.91 Å². The molecular formula is C20H21FN2O3. The highest BCUT2D eigenvalue weighted by atomic mass is 19.1. The predicted molar refractivity (Wildman–Crippen MR) is 93.2 cm³/mol. The minimum Gasteiger partial charge on any atom is -0.453 e. The molecule has 6 heteroatoms. The molecule has 136 valence electrons. The summed E-state index contributed by atoms with van der Waals surface area (Å²) in [6.45, 7) is 1.80. The fraction of sp³-hybridized carbons (Fsp3) is 0.400. The Labute approximate surface area is 151 Å². The molecule has 1 atom stereocenters. The number of halogens is 1. The minimum absolute atomic E-state index is 0.0583. The van der Waals surface area contributed by atoms with Gasteiger partial charge in [0.25, 0.3) is 0 Å². The average Bonchev–Trinajstić information content (AvgIpc) is 3.36. The van der Waals surface area contributed by atoms with E-state index >= 15 is 0 Å². The Morgan fingerprint density at radius 1 is 1.35 bits per heavy atom. The molecule has 1 spiro atoms. The molecule has 1 aromatic carbocycles. The van der Waals surface area contributed by atoms with Gasteiger partial charge >= 0.3 is 0 Å². The van der Waals surface area contributed by atoms with Gasteiger partial charge in [-0.05, 0) is 54.5 Å². The van der Waals surface area contributed by atoms with Gasteiger partial charge in [0, 0.05) is 31.9 Å². The molecule has 0 radical (unpaired) electrons. The number of hydrogen-bond donors (Lipinski definition) is 1. The molecule has 1 saturated carbocycles. The molecule has 1 saturated heterocycles. The Morgan fingerprint density at radius 3 is 2.92 bits per heavy atom. The highest BCUT2D eigenvalue weighted by Gasteiger charge is 2.57. The van der Waals surface area contributed by atoms with E-state index in [1.54, 1.807) is 30.5 Å². The van der Waals surface area contributed by atoms with Crippen molar-refractivity contribution in [2.45, 2.75) is 25.8 Å². The zero-order chi connectivity index (χ0) is 18.0. The molecule has 1 aliphatic carbocycles. The van der Waals surface area contributed by atoms with Crippen LogP contribution in [0.4, 0.5) is 4.39 Å². The first-order chi connectivity index (χ1) is 12.7. The first-order valence-corrected chi connectivity index (χ1v) is 8.88. The van der Waals surface area contributed by atoms with Crippen LogP contribution in [0.15, 0.2) is 42.7 Å². The summed E-state index contributed by atoms with van der Waals surface area (Å²) < 4.78 is 25.1. The third-order valence-electron chi connectivity index (χ3n) is 5.32. The third kappa shape index (κ3) is 3.55. The highest BCUT2D eigenvalue weighted by molar-refractivity contribution is 5.82. The first-order valence-electron chi connectivity index (χ1n) is 8.88. The van der Waals surface area contributed by atoms with E-state index < -0.39 is 5.82 Å². The van der Waals surface area contributed by atoms with Gasteiger partial charge in [-0.2, -0.15) is 0 Å². The summed E-state index contributed by atoms with van der Waals surface area (Å²) in [4.78, 5) is 16.3. The fourth-order valence-corrected chi connectivity index (χ4v) is 3.63. The van der Waals surface area contributed by atoms with Crippen molar-refractivity contribution in [1.29, 1.82) is 0 Å². The Bertz CT molecular complexity index is 791. The second-order valence-corrected chi connectivity index (χ2v) is 7.00. The minimum atomic E-state index is -0.465. The van der Waals surface area contributed by atoms with Crippen LogP contribution in [0.2, 0.25) is 0 Å². The smallest absolute Gasteiger partial charge is 0.223 e. The molecule has 2 heterocycles. The van der Waals surface area contributed by atoms with Gasteiger partial charge in [-0.15, -0.1) is 0 Å². The quantitative estimate of drug-likeness (QED) is 0.891. The van der Waals surface area contributed by atoms with Crippen molar-refractivity contribution in [3.05, 3.63) is 54.1 Å². The van der Waals surface area contributed by atoms with Gasteiger partial charge in [0.1, 0.15) is 5.75 Å². The number of nitrogens with zero attached hydrogens (tertiary/aromatic N) is 1. The van der Waals surface area contributed by atoms with Crippen LogP contribution in [-0.2, 0) is 16.1 Å². The van der Waals surface area contributed by atoms with E-state index in [0.29, 0.717) is 17.9 Å². The van der Waals surface area contributed by atoms with Crippen LogP contribution in [0.25, 0.3) is 0 Å². The Hall–Kier alpha value is -2.47. The molecule has 1 N–H and O–H groups in total. The molecule has 1 unspecified atom stereocenters. The normalized spacial score (nSPS) is 20.6. The van der Waals surface area contributed by atoms with Crippen LogP contribution in [0.1, 0.15) is 24.8 Å². The van der Waals surface area contributed by atoms with Gasteiger partial charge in [-0.25, -0.2) is 4.39 Å². The molecule has 1 aromatic heterocycles. The SMILES string of the molecule is O=C(NCc1ccc(Oc2cccnc2)c(F)c1)C1CC12CCOCC2. The number of carbonyl (C=O) groups excluding carboxylic acids is 1. The van der Waals surface area contributed by atoms with Crippen LogP contribution in [-0.4, -0.2) is 24.1 Å². The molecule has 26 heavy (non-hydrogen) atoms. The van der Waals surface area contributed by atoms with Gasteiger partial charge < -0.3 is 14.8 Å². The fourth-order valence-electron chi connectivity index (χ4n) is 3.63. The van der Waals surface area contributed by atoms with Crippen molar-refractivity contribution in [3.8, 4) is 11.5 Å². The van der Waals surface area contributed by atoms with Crippen molar-refractivity contribution in [3.63, 3.8) is 0 Å². The van der Waals surface area contributed by atoms with Crippen LogP contribution in [0, 0.1) is 17.2 Å². The molecule has 2 fully saturated rings. The van der Waals surface area contributed by atoms with Crippen molar-refractivity contribution in [2.75, 3.05) is 13.2 Å². The summed E-state index contributed by atoms with van der Waals surface area (Å²) in [6, 6.07) is 8.15. The van der Waals surface area contributed by atoms with Gasteiger partial charge in [-0.3, -0.25) is 9.78 Å². The van der Waals surface area contributed by atoms with E-state index in [4.69, 9.17) is 9.47 Å². The molecule has 1 aliphatic heterocycles. The maximum Gasteiger partial charge on any atom is 0.223 e. The molecule has 5 nitrogen and oxygen atoms in total. The number of ether oxygens (including phenoxy) is 2. The standard InChI is InChI=1S/C20H21FN2O3/c21-17-10-14(3-4-18(17)26-15-2-1-7-22-13-15)12-23-19(24)16-11-20(16)5-8-25-9-6-20/h1-4,7,10,13,16H,5-6,8-9,11-12H2,(H,23,24). The number of rotatable bonds is 5. The van der Waals surface area contributed by atoms with Crippen molar-refractivity contribution in [1.82, 2.24) is 10.3 Å². The van der Waals surface area contributed by atoms with Crippen molar-refractivity contribution in [2.24, 2.45) is 11.3 Å². The van der Waals surface area contributed by atoms with E-state index in [1.165, 1.54) is 12.3 Å². The number of carbonyl (C=O) groups is 1. The summed E-state index contributed by atoms with van der Waals surface area (Å²) in [7, 11) is 0. The van der Waals surface area contributed by atoms with E-state index in [1.807, 2.05) is 0 Å². The monoisotopic (exact) mass is 356 g/mol. The second-order valence-electron chi connectivity index (χ2n) is 7.00. The van der Waals surface area contributed by atoms with E-state index in [-0.39, 0.29) is 23.0 Å². The summed E-state index contributed by atoms with van der Waals surface area (Å²) in [6.07, 6.45) is 6.00. The summed E-state index contributed by atoms with van der Waals surface area (Å²) in [5.41, 5.74) is 0.853. The lowest BCUT2D eigenvalue weighted by atomic mass is 9.93. The zero-order valence-electron chi connectivity index (χ0n) is 14.4. The average molecular weight is 356 g/mol. The van der Waals surface area contributed by atoms with Crippen LogP contribution in [0.5, 0.6) is 11.5 Å². The maximum atomic E-state index is 14.2. The van der Waals surface area contributed by atoms with Crippen LogP contribution < -0.4 is 10.1 Å². The van der Waals surface area contributed by atoms with Crippen LogP contribution in [0.3, 0.4) is 0 Å². The summed E-state index contributed by atoms with van der Waals surface area (Å²) in [5, 5.41) is 2.93. The second kappa shape index (κ2) is 7.03. The third-order valence-corrected chi connectivity index (χ3v) is 5.32. The lowest BCUT2D eigenvalue weighted by molar-refractivity contribution is -0.123. The number of hydrogen-bond acceptors (Lipinski definition) is 4. The van der Waals surface area contributed by atoms with Gasteiger partial charge in [0.15, 0.2) is 11.6 Å². The van der Waals surface area contributed by atoms with E-state index in [2.05, 4.69) is 10.3 Å². The summed E-state index contributed by atoms with van der Waals surface area (Å²) >= 11 is 0. The van der Waals surface area contributed by atoms with E-state index in [9.17, 15) is 9.18 Å². The highest BCUT2D eigenvalue weighted by Crippen LogP contribution is 2.59. The number of benzene rings is 1. The Kier molecular flexibility index (Phi) is 4.59. The van der Waals surface area contributed by atoms with Gasteiger partial charge in [0.2, 0.25) is 5.91 Å². The van der Waals surface area contributed by atoms with Gasteiger partial charge in [0.05, 0.1) is 6.20 Å². The van der Waals surface area contributed by atoms with E-state index in [0.717, 1.165) is 32.5 Å². The molecule has 0 bridgehead atoms. The Balaban J connectivity index is 1.33. The molecular weight excluding hydrogens is 335 g/mol. The lowest BCUT2D eigenvalue weighted by Crippen LogP contribution is -2.29. The topological polar surface area (TPSA) is 60.5 Å². The first kappa shape index (κ1) is 17.0. The maximum absolute atomic E-state index is 14.2. The van der Waals surface area contributed by atoms with Gasteiger partial charge in [-0.1, -0.05) is 6.07 Å². The molecule has 2 aromatic rings. The summed E-state index contributed by atoms with van der Waals surface area (Å²) in [5.74, 6) is 0.278.